The third-order valence-corrected chi connectivity index (χ3v) is 4.69. The lowest BCUT2D eigenvalue weighted by atomic mass is 10.1. The molecule has 0 amide bonds. The van der Waals surface area contributed by atoms with Crippen molar-refractivity contribution in [3.8, 4) is 0 Å². The van der Waals surface area contributed by atoms with Gasteiger partial charge in [-0.25, -0.2) is 4.98 Å². The zero-order valence-electron chi connectivity index (χ0n) is 16.5. The third kappa shape index (κ3) is 7.70. The first-order valence-corrected chi connectivity index (χ1v) is 9.85. The highest BCUT2D eigenvalue weighted by Gasteiger charge is 2.05. The van der Waals surface area contributed by atoms with Gasteiger partial charge in [0.15, 0.2) is 5.96 Å². The summed E-state index contributed by atoms with van der Waals surface area (Å²) in [5.41, 5.74) is 2.48. The van der Waals surface area contributed by atoms with E-state index in [1.54, 1.807) is 7.05 Å². The van der Waals surface area contributed by atoms with Crippen LogP contribution in [0.3, 0.4) is 0 Å². The Morgan fingerprint density at radius 1 is 1.00 bits per heavy atom. The summed E-state index contributed by atoms with van der Waals surface area (Å²) in [6, 6.07) is 18.4. The number of imidazole rings is 1. The number of rotatable bonds is 8. The third-order valence-electron chi connectivity index (χ3n) is 4.46. The van der Waals surface area contributed by atoms with E-state index in [2.05, 4.69) is 55.5 Å². The minimum atomic E-state index is 0. The molecule has 0 saturated heterocycles. The zero-order valence-corrected chi connectivity index (χ0v) is 19.6. The van der Waals surface area contributed by atoms with Crippen LogP contribution >= 0.6 is 35.6 Å². The number of benzene rings is 2. The fourth-order valence-electron chi connectivity index (χ4n) is 3.02. The summed E-state index contributed by atoms with van der Waals surface area (Å²) >= 11 is 6.03. The van der Waals surface area contributed by atoms with E-state index in [4.69, 9.17) is 11.6 Å². The van der Waals surface area contributed by atoms with Gasteiger partial charge in [0.1, 0.15) is 5.82 Å². The maximum Gasteiger partial charge on any atom is 0.191 e. The molecule has 3 rings (SSSR count). The van der Waals surface area contributed by atoms with Crippen molar-refractivity contribution in [2.24, 2.45) is 4.99 Å². The Labute approximate surface area is 194 Å². The van der Waals surface area contributed by atoms with Gasteiger partial charge < -0.3 is 15.2 Å². The predicted molar refractivity (Wildman–Crippen MR) is 131 cm³/mol. The molecule has 0 aliphatic rings. The van der Waals surface area contributed by atoms with Crippen molar-refractivity contribution in [1.29, 1.82) is 0 Å². The summed E-state index contributed by atoms with van der Waals surface area (Å²) in [6.45, 7) is 2.40. The maximum atomic E-state index is 6.03. The van der Waals surface area contributed by atoms with Gasteiger partial charge >= 0.3 is 0 Å². The monoisotopic (exact) mass is 523 g/mol. The first kappa shape index (κ1) is 23.2. The van der Waals surface area contributed by atoms with Crippen LogP contribution in [-0.2, 0) is 19.4 Å². The number of halogens is 2. The van der Waals surface area contributed by atoms with Crippen LogP contribution in [0.5, 0.6) is 0 Å². The van der Waals surface area contributed by atoms with Crippen LogP contribution in [-0.4, -0.2) is 35.6 Å². The van der Waals surface area contributed by atoms with Gasteiger partial charge in [-0.2, -0.15) is 0 Å². The molecular weight excluding hydrogens is 497 g/mol. The largest absolute Gasteiger partial charge is 0.356 e. The minimum absolute atomic E-state index is 0. The van der Waals surface area contributed by atoms with Crippen LogP contribution < -0.4 is 10.6 Å². The molecule has 0 unspecified atom stereocenters. The second-order valence-corrected chi connectivity index (χ2v) is 6.95. The van der Waals surface area contributed by atoms with Crippen molar-refractivity contribution in [1.82, 2.24) is 20.2 Å². The Morgan fingerprint density at radius 3 is 2.45 bits per heavy atom. The van der Waals surface area contributed by atoms with Gasteiger partial charge in [0.05, 0.1) is 0 Å². The van der Waals surface area contributed by atoms with E-state index in [0.717, 1.165) is 49.3 Å². The lowest BCUT2D eigenvalue weighted by Crippen LogP contribution is -2.39. The van der Waals surface area contributed by atoms with E-state index < -0.39 is 0 Å². The van der Waals surface area contributed by atoms with E-state index >= 15 is 0 Å². The zero-order chi connectivity index (χ0) is 19.6. The van der Waals surface area contributed by atoms with Crippen LogP contribution in [0.15, 0.2) is 72.0 Å². The van der Waals surface area contributed by atoms with Gasteiger partial charge in [0.2, 0.25) is 0 Å². The standard InChI is InChI=1S/C22H26ClN5.HI/c1-24-22(26-12-10-18-8-5-9-20(23)16-18)27-13-11-21-25-14-15-28(21)17-19-6-3-2-4-7-19;/h2-9,14-16H,10-13,17H2,1H3,(H2,24,26,27);1H. The second-order valence-electron chi connectivity index (χ2n) is 6.51. The topological polar surface area (TPSA) is 54.2 Å². The van der Waals surface area contributed by atoms with Crippen LogP contribution in [0.2, 0.25) is 5.02 Å². The van der Waals surface area contributed by atoms with Gasteiger partial charge in [-0.1, -0.05) is 54.1 Å². The fraction of sp³-hybridized carbons (Fsp3) is 0.273. The molecule has 2 N–H and O–H groups in total. The van der Waals surface area contributed by atoms with Gasteiger partial charge in [0, 0.05) is 50.5 Å². The summed E-state index contributed by atoms with van der Waals surface area (Å²) in [7, 11) is 1.78. The summed E-state index contributed by atoms with van der Waals surface area (Å²) in [4.78, 5) is 8.78. The maximum absolute atomic E-state index is 6.03. The molecule has 154 valence electrons. The average molecular weight is 524 g/mol. The summed E-state index contributed by atoms with van der Waals surface area (Å²) < 4.78 is 2.19. The predicted octanol–water partition coefficient (Wildman–Crippen LogP) is 4.15. The first-order chi connectivity index (χ1) is 13.7. The van der Waals surface area contributed by atoms with Crippen molar-refractivity contribution >= 4 is 41.5 Å². The van der Waals surface area contributed by atoms with Crippen LogP contribution in [0.25, 0.3) is 0 Å². The van der Waals surface area contributed by atoms with Crippen molar-refractivity contribution in [2.45, 2.75) is 19.4 Å². The molecule has 5 nitrogen and oxygen atoms in total. The average Bonchev–Trinajstić information content (AvgIpc) is 3.14. The van der Waals surface area contributed by atoms with Crippen LogP contribution in [0.1, 0.15) is 17.0 Å². The number of aromatic nitrogens is 2. The molecule has 2 aromatic carbocycles. The lowest BCUT2D eigenvalue weighted by Gasteiger charge is -2.13. The summed E-state index contributed by atoms with van der Waals surface area (Å²) in [5, 5.41) is 7.47. The van der Waals surface area contributed by atoms with E-state index in [9.17, 15) is 0 Å². The Bertz CT molecular complexity index is 895. The molecule has 0 radical (unpaired) electrons. The first-order valence-electron chi connectivity index (χ1n) is 9.47. The fourth-order valence-corrected chi connectivity index (χ4v) is 3.24. The van der Waals surface area contributed by atoms with Gasteiger partial charge in [0.25, 0.3) is 0 Å². The summed E-state index contributed by atoms with van der Waals surface area (Å²) in [6.07, 6.45) is 5.61. The molecule has 1 aromatic heterocycles. The molecule has 29 heavy (non-hydrogen) atoms. The highest BCUT2D eigenvalue weighted by atomic mass is 127. The minimum Gasteiger partial charge on any atom is -0.356 e. The Morgan fingerprint density at radius 2 is 1.72 bits per heavy atom. The van der Waals surface area contributed by atoms with Crippen LogP contribution in [0.4, 0.5) is 0 Å². The van der Waals surface area contributed by atoms with Crippen molar-refractivity contribution < 1.29 is 0 Å². The van der Waals surface area contributed by atoms with E-state index in [-0.39, 0.29) is 24.0 Å². The quantitative estimate of drug-likeness (QED) is 0.265. The molecule has 0 aliphatic carbocycles. The van der Waals surface area contributed by atoms with E-state index in [1.807, 2.05) is 36.7 Å². The van der Waals surface area contributed by atoms with Crippen LogP contribution in [0, 0.1) is 0 Å². The van der Waals surface area contributed by atoms with E-state index in [0.29, 0.717) is 0 Å². The number of hydrogen-bond donors (Lipinski definition) is 2. The number of nitrogens with one attached hydrogen (secondary N) is 2. The molecule has 3 aromatic rings. The number of nitrogens with zero attached hydrogens (tertiary/aromatic N) is 3. The molecule has 7 heteroatoms. The lowest BCUT2D eigenvalue weighted by molar-refractivity contribution is 0.693. The molecule has 0 atom stereocenters. The van der Waals surface area contributed by atoms with Crippen molar-refractivity contribution in [3.05, 3.63) is 89.0 Å². The molecular formula is C22H27ClIN5. The van der Waals surface area contributed by atoms with Gasteiger partial charge in [-0.15, -0.1) is 24.0 Å². The Balaban J connectivity index is 0.00000300. The Hall–Kier alpha value is -2.06. The van der Waals surface area contributed by atoms with Gasteiger partial charge in [-0.05, 0) is 29.7 Å². The molecule has 0 bridgehead atoms. The highest BCUT2D eigenvalue weighted by Crippen LogP contribution is 2.10. The normalized spacial score (nSPS) is 11.0. The van der Waals surface area contributed by atoms with E-state index in [1.165, 1.54) is 11.1 Å². The smallest absolute Gasteiger partial charge is 0.191 e. The SMILES string of the molecule is CN=C(NCCc1cccc(Cl)c1)NCCc1nccn1Cc1ccccc1.I. The number of aliphatic imine (C=N–C) groups is 1. The Kier molecular flexibility index (Phi) is 10.0. The number of hydrogen-bond acceptors (Lipinski definition) is 2. The molecule has 0 fully saturated rings. The summed E-state index contributed by atoms with van der Waals surface area (Å²) in [5.74, 6) is 1.86. The molecule has 0 aliphatic heterocycles. The van der Waals surface area contributed by atoms with Crippen molar-refractivity contribution in [3.63, 3.8) is 0 Å². The molecule has 0 spiro atoms. The highest BCUT2D eigenvalue weighted by molar-refractivity contribution is 14.0. The van der Waals surface area contributed by atoms with Gasteiger partial charge in [-0.3, -0.25) is 4.99 Å². The second kappa shape index (κ2) is 12.5. The van der Waals surface area contributed by atoms with Crippen molar-refractivity contribution in [2.75, 3.05) is 20.1 Å². The molecule has 1 heterocycles. The number of guanidine groups is 1. The molecule has 0 saturated carbocycles.